The van der Waals surface area contributed by atoms with Crippen molar-refractivity contribution in [2.24, 2.45) is 0 Å². The second-order valence-electron chi connectivity index (χ2n) is 4.38. The quantitative estimate of drug-likeness (QED) is 0.869. The maximum absolute atomic E-state index is 13.3. The average Bonchev–Trinajstić information content (AvgIpc) is 2.37. The fourth-order valence-electron chi connectivity index (χ4n) is 2.02. The molecule has 2 rings (SSSR count). The first-order valence-electron chi connectivity index (χ1n) is 5.96. The zero-order valence-corrected chi connectivity index (χ0v) is 13.1. The molecule has 2 aromatic rings. The molecule has 0 saturated carbocycles. The Balaban J connectivity index is 2.25. The van der Waals surface area contributed by atoms with Crippen molar-refractivity contribution < 1.29 is 14.2 Å². The second kappa shape index (κ2) is 6.57. The SMILES string of the molecule is COc1cc(Cl)ccc1C(O)Cc1cc(F)cc(Br)c1. The summed E-state index contributed by atoms with van der Waals surface area (Å²) in [6.45, 7) is 0. The summed E-state index contributed by atoms with van der Waals surface area (Å²) in [6.07, 6.45) is -0.509. The van der Waals surface area contributed by atoms with Gasteiger partial charge in [-0.25, -0.2) is 4.39 Å². The van der Waals surface area contributed by atoms with Gasteiger partial charge in [0.2, 0.25) is 0 Å². The van der Waals surface area contributed by atoms with E-state index in [0.29, 0.717) is 26.4 Å². The molecule has 0 aliphatic heterocycles. The molecule has 1 N–H and O–H groups in total. The molecule has 2 nitrogen and oxygen atoms in total. The lowest BCUT2D eigenvalue weighted by Gasteiger charge is -2.15. The molecule has 0 heterocycles. The number of hydrogen-bond donors (Lipinski definition) is 1. The minimum Gasteiger partial charge on any atom is -0.496 e. The van der Waals surface area contributed by atoms with Gasteiger partial charge in [0.15, 0.2) is 0 Å². The van der Waals surface area contributed by atoms with Gasteiger partial charge in [-0.3, -0.25) is 0 Å². The molecule has 0 aliphatic rings. The van der Waals surface area contributed by atoms with Crippen molar-refractivity contribution in [3.05, 3.63) is 62.8 Å². The molecule has 0 bridgehead atoms. The van der Waals surface area contributed by atoms with Crippen LogP contribution in [0.2, 0.25) is 5.02 Å². The summed E-state index contributed by atoms with van der Waals surface area (Å²) in [4.78, 5) is 0. The van der Waals surface area contributed by atoms with E-state index in [1.165, 1.54) is 19.2 Å². The monoisotopic (exact) mass is 358 g/mol. The van der Waals surface area contributed by atoms with Crippen molar-refractivity contribution >= 4 is 27.5 Å². The highest BCUT2D eigenvalue weighted by atomic mass is 79.9. The topological polar surface area (TPSA) is 29.5 Å². The van der Waals surface area contributed by atoms with Crippen LogP contribution in [0.1, 0.15) is 17.2 Å². The summed E-state index contributed by atoms with van der Waals surface area (Å²) in [6, 6.07) is 9.58. The Morgan fingerprint density at radius 3 is 2.70 bits per heavy atom. The van der Waals surface area contributed by atoms with Gasteiger partial charge in [-0.2, -0.15) is 0 Å². The van der Waals surface area contributed by atoms with E-state index in [0.717, 1.165) is 0 Å². The highest BCUT2D eigenvalue weighted by Gasteiger charge is 2.15. The summed E-state index contributed by atoms with van der Waals surface area (Å²) >= 11 is 9.12. The molecule has 5 heteroatoms. The van der Waals surface area contributed by atoms with Gasteiger partial charge in [0.1, 0.15) is 11.6 Å². The van der Waals surface area contributed by atoms with E-state index in [9.17, 15) is 9.50 Å². The number of aliphatic hydroxyl groups is 1. The number of methoxy groups -OCH3 is 1. The van der Waals surface area contributed by atoms with Gasteiger partial charge >= 0.3 is 0 Å². The fourth-order valence-corrected chi connectivity index (χ4v) is 2.70. The Kier molecular flexibility index (Phi) is 5.02. The standard InChI is InChI=1S/C15H13BrClFO2/c1-20-15-8-11(17)2-3-13(15)14(19)6-9-4-10(16)7-12(18)5-9/h2-5,7-8,14,19H,6H2,1H3. The lowest BCUT2D eigenvalue weighted by molar-refractivity contribution is 0.174. The predicted molar refractivity (Wildman–Crippen MR) is 80.8 cm³/mol. The largest absolute Gasteiger partial charge is 0.496 e. The first-order valence-corrected chi connectivity index (χ1v) is 7.13. The van der Waals surface area contributed by atoms with Crippen LogP contribution in [0.25, 0.3) is 0 Å². The minimum atomic E-state index is -0.795. The van der Waals surface area contributed by atoms with Crippen LogP contribution >= 0.6 is 27.5 Å². The third-order valence-electron chi connectivity index (χ3n) is 2.91. The van der Waals surface area contributed by atoms with Crippen LogP contribution in [-0.2, 0) is 6.42 Å². The molecule has 0 aromatic heterocycles. The van der Waals surface area contributed by atoms with Crippen LogP contribution < -0.4 is 4.74 Å². The Bertz CT molecular complexity index is 599. The van der Waals surface area contributed by atoms with Crippen LogP contribution in [0.3, 0.4) is 0 Å². The van der Waals surface area contributed by atoms with Crippen LogP contribution in [0.5, 0.6) is 5.75 Å². The molecule has 106 valence electrons. The maximum Gasteiger partial charge on any atom is 0.126 e. The summed E-state index contributed by atoms with van der Waals surface area (Å²) < 4.78 is 19.2. The van der Waals surface area contributed by atoms with E-state index in [4.69, 9.17) is 16.3 Å². The molecule has 0 fully saturated rings. The number of aliphatic hydroxyl groups excluding tert-OH is 1. The molecule has 1 unspecified atom stereocenters. The molecule has 0 spiro atoms. The molecule has 0 amide bonds. The highest BCUT2D eigenvalue weighted by molar-refractivity contribution is 9.10. The molecule has 0 radical (unpaired) electrons. The van der Waals surface area contributed by atoms with Crippen LogP contribution in [-0.4, -0.2) is 12.2 Å². The lowest BCUT2D eigenvalue weighted by atomic mass is 10.0. The van der Waals surface area contributed by atoms with Gasteiger partial charge in [-0.05, 0) is 35.9 Å². The number of halogens is 3. The van der Waals surface area contributed by atoms with E-state index in [-0.39, 0.29) is 12.2 Å². The van der Waals surface area contributed by atoms with Crippen molar-refractivity contribution in [3.8, 4) is 5.75 Å². The molecule has 0 aliphatic carbocycles. The van der Waals surface area contributed by atoms with E-state index < -0.39 is 6.10 Å². The predicted octanol–water partition coefficient (Wildman–Crippen LogP) is 4.53. The lowest BCUT2D eigenvalue weighted by Crippen LogP contribution is -2.04. The van der Waals surface area contributed by atoms with Gasteiger partial charge in [0.05, 0.1) is 13.2 Å². The summed E-state index contributed by atoms with van der Waals surface area (Å²) in [5, 5.41) is 10.8. The second-order valence-corrected chi connectivity index (χ2v) is 5.74. The molecule has 0 saturated heterocycles. The average molecular weight is 360 g/mol. The first kappa shape index (κ1) is 15.3. The van der Waals surface area contributed by atoms with Crippen molar-refractivity contribution in [3.63, 3.8) is 0 Å². The smallest absolute Gasteiger partial charge is 0.126 e. The highest BCUT2D eigenvalue weighted by Crippen LogP contribution is 2.30. The number of benzene rings is 2. The fraction of sp³-hybridized carbons (Fsp3) is 0.200. The number of ether oxygens (including phenoxy) is 1. The zero-order chi connectivity index (χ0) is 14.7. The van der Waals surface area contributed by atoms with Crippen molar-refractivity contribution in [1.29, 1.82) is 0 Å². The summed E-state index contributed by atoms with van der Waals surface area (Å²) in [5.74, 6) is 0.171. The van der Waals surface area contributed by atoms with Gasteiger partial charge in [0.25, 0.3) is 0 Å². The van der Waals surface area contributed by atoms with Crippen LogP contribution in [0, 0.1) is 5.82 Å². The summed E-state index contributed by atoms with van der Waals surface area (Å²) in [5.41, 5.74) is 1.32. The molecule has 20 heavy (non-hydrogen) atoms. The Hall–Kier alpha value is -1.10. The maximum atomic E-state index is 13.3. The van der Waals surface area contributed by atoms with Gasteiger partial charge in [-0.15, -0.1) is 0 Å². The molecular formula is C15H13BrClFO2. The summed E-state index contributed by atoms with van der Waals surface area (Å²) in [7, 11) is 1.51. The third kappa shape index (κ3) is 3.72. The van der Waals surface area contributed by atoms with Gasteiger partial charge in [0, 0.05) is 21.5 Å². The Morgan fingerprint density at radius 2 is 2.05 bits per heavy atom. The van der Waals surface area contributed by atoms with Crippen LogP contribution in [0.4, 0.5) is 4.39 Å². The first-order chi connectivity index (χ1) is 9.49. The Labute approximate surface area is 130 Å². The van der Waals surface area contributed by atoms with Crippen molar-refractivity contribution in [2.75, 3.05) is 7.11 Å². The minimum absolute atomic E-state index is 0.286. The number of hydrogen-bond acceptors (Lipinski definition) is 2. The zero-order valence-electron chi connectivity index (χ0n) is 10.7. The van der Waals surface area contributed by atoms with E-state index in [1.54, 1.807) is 24.3 Å². The third-order valence-corrected chi connectivity index (χ3v) is 3.60. The molecular weight excluding hydrogens is 347 g/mol. The Morgan fingerprint density at radius 1 is 1.30 bits per heavy atom. The molecule has 1 atom stereocenters. The normalized spacial score (nSPS) is 12.2. The molecule has 2 aromatic carbocycles. The van der Waals surface area contributed by atoms with Crippen molar-refractivity contribution in [2.45, 2.75) is 12.5 Å². The van der Waals surface area contributed by atoms with E-state index >= 15 is 0 Å². The van der Waals surface area contributed by atoms with Crippen molar-refractivity contribution in [1.82, 2.24) is 0 Å². The van der Waals surface area contributed by atoms with E-state index in [2.05, 4.69) is 15.9 Å². The van der Waals surface area contributed by atoms with Gasteiger partial charge < -0.3 is 9.84 Å². The number of rotatable bonds is 4. The van der Waals surface area contributed by atoms with Gasteiger partial charge in [-0.1, -0.05) is 33.6 Å². The van der Waals surface area contributed by atoms with Crippen LogP contribution in [0.15, 0.2) is 40.9 Å². The van der Waals surface area contributed by atoms with E-state index in [1.807, 2.05) is 0 Å².